The molecule has 1 aliphatic carbocycles. The first-order valence-electron chi connectivity index (χ1n) is 7.70. The minimum atomic E-state index is 0.199. The molecule has 1 saturated heterocycles. The Morgan fingerprint density at radius 1 is 1.05 bits per heavy atom. The molecule has 2 aliphatic rings. The zero-order chi connectivity index (χ0) is 13.1. The Bertz CT molecular complexity index is 442. The van der Waals surface area contributed by atoms with Crippen LogP contribution in [0.5, 0.6) is 0 Å². The normalized spacial score (nSPS) is 24.5. The van der Waals surface area contributed by atoms with Gasteiger partial charge in [-0.25, -0.2) is 0 Å². The summed E-state index contributed by atoms with van der Waals surface area (Å²) in [5.41, 5.74) is 2.32. The Kier molecular flexibility index (Phi) is 3.97. The second kappa shape index (κ2) is 5.87. The molecule has 102 valence electrons. The van der Waals surface area contributed by atoms with E-state index in [2.05, 4.69) is 17.4 Å². The van der Waals surface area contributed by atoms with Crippen molar-refractivity contribution < 1.29 is 4.79 Å². The van der Waals surface area contributed by atoms with Gasteiger partial charge in [-0.05, 0) is 37.3 Å². The van der Waals surface area contributed by atoms with Gasteiger partial charge in [0.1, 0.15) is 0 Å². The van der Waals surface area contributed by atoms with Crippen molar-refractivity contribution in [1.29, 1.82) is 0 Å². The van der Waals surface area contributed by atoms with Gasteiger partial charge in [0.25, 0.3) is 0 Å². The lowest BCUT2D eigenvalue weighted by Gasteiger charge is -2.24. The summed E-state index contributed by atoms with van der Waals surface area (Å²) in [7, 11) is 0. The first-order chi connectivity index (χ1) is 9.36. The molecule has 3 rings (SSSR count). The minimum Gasteiger partial charge on any atom is -0.316 e. The molecule has 1 aromatic carbocycles. The number of hydrogen-bond donors (Lipinski definition) is 1. The van der Waals surface area contributed by atoms with Crippen molar-refractivity contribution in [1.82, 2.24) is 5.32 Å². The van der Waals surface area contributed by atoms with Crippen LogP contribution in [0.3, 0.4) is 0 Å². The van der Waals surface area contributed by atoms with Crippen molar-refractivity contribution in [3.63, 3.8) is 0 Å². The van der Waals surface area contributed by atoms with Crippen LogP contribution in [0.25, 0.3) is 0 Å². The van der Waals surface area contributed by atoms with Gasteiger partial charge in [-0.15, -0.1) is 0 Å². The van der Waals surface area contributed by atoms with E-state index in [0.29, 0.717) is 11.7 Å². The van der Waals surface area contributed by atoms with Gasteiger partial charge in [-0.3, -0.25) is 4.79 Å². The average Bonchev–Trinajstić information content (AvgIpc) is 3.02. The fraction of sp³-hybridized carbons (Fsp3) is 0.588. The molecular weight excluding hydrogens is 234 g/mol. The summed E-state index contributed by atoms with van der Waals surface area (Å²) in [6.45, 7) is 1.85. The lowest BCUT2D eigenvalue weighted by molar-refractivity contribution is 0.0928. The third-order valence-corrected chi connectivity index (χ3v) is 4.70. The molecule has 1 heterocycles. The van der Waals surface area contributed by atoms with Gasteiger partial charge in [0, 0.05) is 18.0 Å². The maximum atomic E-state index is 12.7. The Morgan fingerprint density at radius 2 is 1.84 bits per heavy atom. The number of ketones is 1. The van der Waals surface area contributed by atoms with Crippen molar-refractivity contribution in [3.8, 4) is 0 Å². The van der Waals surface area contributed by atoms with E-state index in [9.17, 15) is 4.79 Å². The molecule has 2 nitrogen and oxygen atoms in total. The molecule has 1 aliphatic heterocycles. The zero-order valence-corrected chi connectivity index (χ0v) is 11.5. The molecule has 0 radical (unpaired) electrons. The van der Waals surface area contributed by atoms with Gasteiger partial charge in [0.2, 0.25) is 0 Å². The van der Waals surface area contributed by atoms with Crippen molar-refractivity contribution in [2.45, 2.75) is 44.4 Å². The molecule has 1 saturated carbocycles. The summed E-state index contributed by atoms with van der Waals surface area (Å²) in [5.74, 6) is 1.18. The van der Waals surface area contributed by atoms with Crippen LogP contribution in [0.2, 0.25) is 0 Å². The highest BCUT2D eigenvalue weighted by Crippen LogP contribution is 2.35. The lowest BCUT2D eigenvalue weighted by Crippen LogP contribution is -2.20. The fourth-order valence-corrected chi connectivity index (χ4v) is 3.59. The first kappa shape index (κ1) is 12.9. The molecule has 0 aromatic heterocycles. The summed E-state index contributed by atoms with van der Waals surface area (Å²) in [6.07, 6.45) is 7.51. The third kappa shape index (κ3) is 2.74. The summed E-state index contributed by atoms with van der Waals surface area (Å²) in [6, 6.07) is 8.34. The third-order valence-electron chi connectivity index (χ3n) is 4.70. The second-order valence-corrected chi connectivity index (χ2v) is 5.98. The molecule has 0 spiro atoms. The smallest absolute Gasteiger partial charge is 0.167 e. The van der Waals surface area contributed by atoms with Gasteiger partial charge in [-0.2, -0.15) is 0 Å². The van der Waals surface area contributed by atoms with E-state index >= 15 is 0 Å². The van der Waals surface area contributed by atoms with Crippen LogP contribution in [0.15, 0.2) is 24.3 Å². The maximum absolute atomic E-state index is 12.7. The first-order valence-corrected chi connectivity index (χ1v) is 7.70. The van der Waals surface area contributed by atoms with E-state index in [0.717, 1.165) is 25.1 Å². The fourth-order valence-electron chi connectivity index (χ4n) is 3.59. The summed E-state index contributed by atoms with van der Waals surface area (Å²) < 4.78 is 0. The molecule has 1 N–H and O–H groups in total. The van der Waals surface area contributed by atoms with E-state index < -0.39 is 0 Å². The highest BCUT2D eigenvalue weighted by Gasteiger charge is 2.27. The number of benzene rings is 1. The molecule has 1 atom stereocenters. The van der Waals surface area contributed by atoms with Crippen molar-refractivity contribution >= 4 is 5.78 Å². The maximum Gasteiger partial charge on any atom is 0.167 e. The zero-order valence-electron chi connectivity index (χ0n) is 11.5. The number of rotatable bonds is 3. The second-order valence-electron chi connectivity index (χ2n) is 5.98. The number of nitrogens with one attached hydrogen (secondary N) is 1. The molecule has 0 bridgehead atoms. The van der Waals surface area contributed by atoms with Gasteiger partial charge >= 0.3 is 0 Å². The van der Waals surface area contributed by atoms with Crippen LogP contribution in [0.4, 0.5) is 0 Å². The van der Waals surface area contributed by atoms with Gasteiger partial charge in [0.15, 0.2) is 5.78 Å². The standard InChI is InChI=1S/C17H23NO/c19-17(14-10-11-18-12-14)16-9-5-4-8-15(16)13-6-2-1-3-7-13/h4-5,8-9,13-14,18H,1-3,6-7,10-12H2. The highest BCUT2D eigenvalue weighted by molar-refractivity contribution is 5.99. The SMILES string of the molecule is O=C(c1ccccc1C1CCCCC1)C1CCNC1. The number of Topliss-reactive ketones (excluding diaryl/α,β-unsaturated/α-hetero) is 1. The Labute approximate surface area is 115 Å². The van der Waals surface area contributed by atoms with Crippen LogP contribution < -0.4 is 5.32 Å². The Morgan fingerprint density at radius 3 is 2.58 bits per heavy atom. The largest absolute Gasteiger partial charge is 0.316 e. The van der Waals surface area contributed by atoms with E-state index in [1.165, 1.54) is 37.7 Å². The number of carbonyl (C=O) groups is 1. The van der Waals surface area contributed by atoms with E-state index in [4.69, 9.17) is 0 Å². The molecular formula is C17H23NO. The van der Waals surface area contributed by atoms with Crippen molar-refractivity contribution in [3.05, 3.63) is 35.4 Å². The van der Waals surface area contributed by atoms with Crippen molar-refractivity contribution in [2.75, 3.05) is 13.1 Å². The quantitative estimate of drug-likeness (QED) is 0.839. The van der Waals surface area contributed by atoms with Crippen LogP contribution >= 0.6 is 0 Å². The predicted octanol–water partition coefficient (Wildman–Crippen LogP) is 3.53. The topological polar surface area (TPSA) is 29.1 Å². The molecule has 2 fully saturated rings. The van der Waals surface area contributed by atoms with E-state index in [-0.39, 0.29) is 5.92 Å². The van der Waals surface area contributed by atoms with Gasteiger partial charge in [-0.1, -0.05) is 43.5 Å². The molecule has 1 aromatic rings. The van der Waals surface area contributed by atoms with Crippen LogP contribution in [-0.2, 0) is 0 Å². The number of carbonyl (C=O) groups excluding carboxylic acids is 1. The van der Waals surface area contributed by atoms with E-state index in [1.54, 1.807) is 0 Å². The monoisotopic (exact) mass is 257 g/mol. The van der Waals surface area contributed by atoms with E-state index in [1.807, 2.05) is 12.1 Å². The lowest BCUT2D eigenvalue weighted by atomic mass is 9.80. The van der Waals surface area contributed by atoms with Gasteiger partial charge in [0.05, 0.1) is 0 Å². The van der Waals surface area contributed by atoms with Crippen LogP contribution in [0.1, 0.15) is 60.4 Å². The van der Waals surface area contributed by atoms with Crippen molar-refractivity contribution in [2.24, 2.45) is 5.92 Å². The summed E-state index contributed by atoms with van der Waals surface area (Å²) in [5, 5.41) is 3.30. The summed E-state index contributed by atoms with van der Waals surface area (Å²) in [4.78, 5) is 12.7. The molecule has 19 heavy (non-hydrogen) atoms. The minimum absolute atomic E-state index is 0.199. The summed E-state index contributed by atoms with van der Waals surface area (Å²) >= 11 is 0. The average molecular weight is 257 g/mol. The predicted molar refractivity (Wildman–Crippen MR) is 77.6 cm³/mol. The number of hydrogen-bond acceptors (Lipinski definition) is 2. The Hall–Kier alpha value is -1.15. The van der Waals surface area contributed by atoms with Gasteiger partial charge < -0.3 is 5.32 Å². The van der Waals surface area contributed by atoms with Crippen LogP contribution in [0, 0.1) is 5.92 Å². The van der Waals surface area contributed by atoms with Crippen LogP contribution in [-0.4, -0.2) is 18.9 Å². The molecule has 0 amide bonds. The Balaban J connectivity index is 1.85. The molecule has 1 unspecified atom stereocenters. The highest BCUT2D eigenvalue weighted by atomic mass is 16.1. The molecule has 2 heteroatoms.